The number of benzene rings is 1. The Hall–Kier alpha value is -1.31. The molecule has 30 heavy (non-hydrogen) atoms. The van der Waals surface area contributed by atoms with Crippen LogP contribution < -0.4 is 11.1 Å². The molecular formula is C17H24ClFN4O5S2. The van der Waals surface area contributed by atoms with Crippen LogP contribution in [0.2, 0.25) is 5.02 Å². The van der Waals surface area contributed by atoms with Crippen LogP contribution in [0.1, 0.15) is 25.7 Å². The SMILES string of the molecule is CS(=O)(=O)N1CCN(S(=O)(=O)c2ccc(F)c(Cl)c2)C1C(=O)NC1CCC(N)CC1. The first-order chi connectivity index (χ1) is 13.9. The van der Waals surface area contributed by atoms with Crippen molar-refractivity contribution in [2.24, 2.45) is 5.73 Å². The Kier molecular flexibility index (Phi) is 6.75. The summed E-state index contributed by atoms with van der Waals surface area (Å²) in [5, 5.41) is 2.37. The van der Waals surface area contributed by atoms with Crippen LogP contribution >= 0.6 is 11.6 Å². The van der Waals surface area contributed by atoms with Crippen molar-refractivity contribution in [3.05, 3.63) is 29.0 Å². The minimum atomic E-state index is -4.32. The van der Waals surface area contributed by atoms with Gasteiger partial charge in [-0.3, -0.25) is 4.79 Å². The van der Waals surface area contributed by atoms with E-state index in [1.807, 2.05) is 0 Å². The first-order valence-electron chi connectivity index (χ1n) is 9.41. The summed E-state index contributed by atoms with van der Waals surface area (Å²) in [6, 6.07) is 2.70. The minimum absolute atomic E-state index is 0.0530. The van der Waals surface area contributed by atoms with E-state index in [4.69, 9.17) is 17.3 Å². The summed E-state index contributed by atoms with van der Waals surface area (Å²) >= 11 is 5.71. The average molecular weight is 483 g/mol. The Labute approximate surface area is 180 Å². The molecule has 3 rings (SSSR count). The number of amides is 1. The van der Waals surface area contributed by atoms with Gasteiger partial charge in [0.1, 0.15) is 5.82 Å². The Bertz CT molecular complexity index is 1030. The van der Waals surface area contributed by atoms with Gasteiger partial charge in [0.2, 0.25) is 20.0 Å². The van der Waals surface area contributed by atoms with E-state index in [1.54, 1.807) is 0 Å². The maximum Gasteiger partial charge on any atom is 0.254 e. The average Bonchev–Trinajstić information content (AvgIpc) is 3.12. The van der Waals surface area contributed by atoms with Crippen LogP contribution in [-0.4, -0.2) is 68.9 Å². The summed E-state index contributed by atoms with van der Waals surface area (Å²) in [6.45, 7) is -0.404. The van der Waals surface area contributed by atoms with Crippen molar-refractivity contribution in [1.82, 2.24) is 13.9 Å². The zero-order valence-electron chi connectivity index (χ0n) is 16.3. The zero-order chi connectivity index (χ0) is 22.3. The lowest BCUT2D eigenvalue weighted by molar-refractivity contribution is -0.127. The second kappa shape index (κ2) is 8.67. The number of hydrogen-bond donors (Lipinski definition) is 2. The molecule has 1 aliphatic heterocycles. The largest absolute Gasteiger partial charge is 0.351 e. The lowest BCUT2D eigenvalue weighted by atomic mass is 9.92. The lowest BCUT2D eigenvalue weighted by Crippen LogP contribution is -2.55. The van der Waals surface area contributed by atoms with Crippen molar-refractivity contribution in [1.29, 1.82) is 0 Å². The van der Waals surface area contributed by atoms with Crippen LogP contribution in [0.5, 0.6) is 0 Å². The Morgan fingerprint density at radius 3 is 2.30 bits per heavy atom. The molecule has 0 spiro atoms. The number of rotatable bonds is 5. The predicted molar refractivity (Wildman–Crippen MR) is 109 cm³/mol. The second-order valence-corrected chi connectivity index (χ2v) is 11.8. The number of nitrogens with zero attached hydrogens (tertiary/aromatic N) is 2. The molecule has 0 radical (unpaired) electrons. The highest BCUT2D eigenvalue weighted by Gasteiger charge is 2.48. The predicted octanol–water partition coefficient (Wildman–Crippen LogP) is 0.457. The molecule has 1 saturated carbocycles. The number of carbonyl (C=O) groups excluding carboxylic acids is 1. The number of nitrogens with two attached hydrogens (primary N) is 1. The Morgan fingerprint density at radius 2 is 1.73 bits per heavy atom. The molecule has 1 aliphatic carbocycles. The maximum absolute atomic E-state index is 13.5. The number of hydrogen-bond acceptors (Lipinski definition) is 6. The van der Waals surface area contributed by atoms with E-state index in [0.717, 1.165) is 33.1 Å². The van der Waals surface area contributed by atoms with E-state index in [9.17, 15) is 26.0 Å². The number of nitrogens with one attached hydrogen (secondary N) is 1. The van der Waals surface area contributed by atoms with E-state index in [-0.39, 0.29) is 30.1 Å². The summed E-state index contributed by atoms with van der Waals surface area (Å²) in [4.78, 5) is 12.7. The Morgan fingerprint density at radius 1 is 1.13 bits per heavy atom. The van der Waals surface area contributed by atoms with Gasteiger partial charge < -0.3 is 11.1 Å². The lowest BCUT2D eigenvalue weighted by Gasteiger charge is -2.31. The molecule has 13 heteroatoms. The van der Waals surface area contributed by atoms with Gasteiger partial charge in [0, 0.05) is 25.2 Å². The molecule has 1 aromatic rings. The molecule has 168 valence electrons. The van der Waals surface area contributed by atoms with Crippen molar-refractivity contribution in [3.63, 3.8) is 0 Å². The quantitative estimate of drug-likeness (QED) is 0.627. The summed E-state index contributed by atoms with van der Waals surface area (Å²) < 4.78 is 65.9. The van der Waals surface area contributed by atoms with Crippen LogP contribution in [0.15, 0.2) is 23.1 Å². The first kappa shape index (κ1) is 23.4. The van der Waals surface area contributed by atoms with Crippen molar-refractivity contribution >= 4 is 37.6 Å². The normalized spacial score (nSPS) is 26.6. The minimum Gasteiger partial charge on any atom is -0.351 e. The van der Waals surface area contributed by atoms with E-state index in [0.29, 0.717) is 25.7 Å². The molecule has 1 heterocycles. The number of halogens is 2. The van der Waals surface area contributed by atoms with Crippen molar-refractivity contribution in [2.75, 3.05) is 19.3 Å². The van der Waals surface area contributed by atoms with Crippen molar-refractivity contribution in [2.45, 2.75) is 48.8 Å². The third-order valence-electron chi connectivity index (χ3n) is 5.36. The third kappa shape index (κ3) is 4.78. The molecule has 1 aromatic carbocycles. The molecule has 0 bridgehead atoms. The highest BCUT2D eigenvalue weighted by molar-refractivity contribution is 7.89. The monoisotopic (exact) mass is 482 g/mol. The van der Waals surface area contributed by atoms with Gasteiger partial charge >= 0.3 is 0 Å². The smallest absolute Gasteiger partial charge is 0.254 e. The van der Waals surface area contributed by atoms with Crippen LogP contribution in [0.4, 0.5) is 4.39 Å². The van der Waals surface area contributed by atoms with Crippen molar-refractivity contribution in [3.8, 4) is 0 Å². The standard InChI is InChI=1S/C17H24ClFN4O5S2/c1-29(25,26)22-8-9-23(30(27,28)13-6-7-15(19)14(18)10-13)17(22)16(24)21-12-4-2-11(20)3-5-12/h6-7,10-12,17H,2-5,8-9,20H2,1H3,(H,21,24). The number of carbonyl (C=O) groups is 1. The van der Waals surface area contributed by atoms with E-state index >= 15 is 0 Å². The summed E-state index contributed by atoms with van der Waals surface area (Å²) in [7, 11) is -8.20. The number of sulfonamides is 2. The summed E-state index contributed by atoms with van der Waals surface area (Å²) in [5.74, 6) is -1.52. The topological polar surface area (TPSA) is 130 Å². The maximum atomic E-state index is 13.5. The molecule has 1 amide bonds. The first-order valence-corrected chi connectivity index (χ1v) is 13.1. The Balaban J connectivity index is 1.92. The van der Waals surface area contributed by atoms with E-state index in [2.05, 4.69) is 5.32 Å². The molecule has 9 nitrogen and oxygen atoms in total. The van der Waals surface area contributed by atoms with Gasteiger partial charge in [-0.1, -0.05) is 11.6 Å². The molecule has 1 unspecified atom stereocenters. The van der Waals surface area contributed by atoms with Gasteiger partial charge in [0.25, 0.3) is 5.91 Å². The highest BCUT2D eigenvalue weighted by Crippen LogP contribution is 2.29. The van der Waals surface area contributed by atoms with Crippen LogP contribution in [0, 0.1) is 5.82 Å². The van der Waals surface area contributed by atoms with Crippen LogP contribution in [0.3, 0.4) is 0 Å². The molecule has 2 fully saturated rings. The van der Waals surface area contributed by atoms with Crippen LogP contribution in [0.25, 0.3) is 0 Å². The summed E-state index contributed by atoms with van der Waals surface area (Å²) in [5.41, 5.74) is 5.87. The molecule has 3 N–H and O–H groups in total. The van der Waals surface area contributed by atoms with E-state index in [1.165, 1.54) is 0 Å². The van der Waals surface area contributed by atoms with Crippen LogP contribution in [-0.2, 0) is 24.8 Å². The molecule has 2 aliphatic rings. The van der Waals surface area contributed by atoms with Gasteiger partial charge in [0.05, 0.1) is 16.2 Å². The fourth-order valence-corrected chi connectivity index (χ4v) is 6.62. The van der Waals surface area contributed by atoms with Gasteiger partial charge in [-0.25, -0.2) is 21.2 Å². The third-order valence-corrected chi connectivity index (χ3v) is 8.74. The van der Waals surface area contributed by atoms with Gasteiger partial charge in [0.15, 0.2) is 6.17 Å². The molecular weight excluding hydrogens is 459 g/mol. The van der Waals surface area contributed by atoms with Gasteiger partial charge in [-0.2, -0.15) is 8.61 Å². The molecule has 1 saturated heterocycles. The fraction of sp³-hybridized carbons (Fsp3) is 0.588. The zero-order valence-corrected chi connectivity index (χ0v) is 18.7. The van der Waals surface area contributed by atoms with Crippen molar-refractivity contribution < 1.29 is 26.0 Å². The van der Waals surface area contributed by atoms with E-state index < -0.39 is 43.0 Å². The van der Waals surface area contributed by atoms with Gasteiger partial charge in [-0.05, 0) is 43.9 Å². The fourth-order valence-electron chi connectivity index (χ4n) is 3.76. The van der Waals surface area contributed by atoms with Gasteiger partial charge in [-0.15, -0.1) is 0 Å². The molecule has 0 aromatic heterocycles. The molecule has 1 atom stereocenters. The second-order valence-electron chi connectivity index (χ2n) is 7.56. The summed E-state index contributed by atoms with van der Waals surface area (Å²) in [6.07, 6.45) is 2.00. The highest BCUT2D eigenvalue weighted by atomic mass is 35.5.